The van der Waals surface area contributed by atoms with Gasteiger partial charge in [0.25, 0.3) is 0 Å². The minimum atomic E-state index is 0.121. The molecule has 22 heavy (non-hydrogen) atoms. The summed E-state index contributed by atoms with van der Waals surface area (Å²) in [5.74, 6) is 0.854. The fourth-order valence-corrected chi connectivity index (χ4v) is 4.66. The predicted octanol–water partition coefficient (Wildman–Crippen LogP) is 3.61. The molecule has 3 aliphatic rings. The van der Waals surface area contributed by atoms with E-state index in [1.54, 1.807) is 0 Å². The average Bonchev–Trinajstić information content (AvgIpc) is 3.14. The Kier molecular flexibility index (Phi) is 4.29. The molecular weight excluding hydrogens is 294 g/mol. The monoisotopic (exact) mass is 321 g/mol. The van der Waals surface area contributed by atoms with Crippen molar-refractivity contribution in [1.82, 2.24) is 4.90 Å². The molecule has 4 heteroatoms. The van der Waals surface area contributed by atoms with Gasteiger partial charge in [0.15, 0.2) is 0 Å². The summed E-state index contributed by atoms with van der Waals surface area (Å²) in [6.07, 6.45) is 6.55. The number of likely N-dealkylation sites (tertiary alicyclic amines) is 1. The number of ether oxygens (including phenoxy) is 2. The molecule has 1 atom stereocenters. The zero-order valence-electron chi connectivity index (χ0n) is 13.6. The van der Waals surface area contributed by atoms with Gasteiger partial charge in [-0.25, -0.2) is 0 Å². The summed E-state index contributed by atoms with van der Waals surface area (Å²) < 4.78 is 12.2. The minimum Gasteiger partial charge on any atom is -0.375 e. The first-order chi connectivity index (χ1) is 10.7. The van der Waals surface area contributed by atoms with E-state index in [0.717, 1.165) is 45.2 Å². The fourth-order valence-electron chi connectivity index (χ4n) is 3.72. The van der Waals surface area contributed by atoms with Crippen LogP contribution in [0.4, 0.5) is 0 Å². The quantitative estimate of drug-likeness (QED) is 0.827. The van der Waals surface area contributed by atoms with Crippen LogP contribution < -0.4 is 0 Å². The van der Waals surface area contributed by atoms with E-state index in [1.165, 1.54) is 35.4 Å². The van der Waals surface area contributed by atoms with Gasteiger partial charge in [-0.3, -0.25) is 4.90 Å². The molecule has 3 nitrogen and oxygen atoms in total. The van der Waals surface area contributed by atoms with Crippen LogP contribution >= 0.6 is 11.3 Å². The summed E-state index contributed by atoms with van der Waals surface area (Å²) in [6.45, 7) is 7.40. The van der Waals surface area contributed by atoms with E-state index < -0.39 is 0 Å². The molecule has 3 fully saturated rings. The molecule has 0 bridgehead atoms. The van der Waals surface area contributed by atoms with Gasteiger partial charge in [0, 0.05) is 42.4 Å². The van der Waals surface area contributed by atoms with Crippen LogP contribution in [0.2, 0.25) is 0 Å². The molecule has 1 saturated carbocycles. The lowest BCUT2D eigenvalue weighted by Gasteiger charge is -2.38. The highest BCUT2D eigenvalue weighted by molar-refractivity contribution is 7.11. The molecule has 0 amide bonds. The lowest BCUT2D eigenvalue weighted by Crippen LogP contribution is -2.43. The van der Waals surface area contributed by atoms with Crippen LogP contribution in [0.25, 0.3) is 0 Å². The van der Waals surface area contributed by atoms with Gasteiger partial charge in [-0.1, -0.05) is 0 Å². The molecule has 0 N–H and O–H groups in total. The smallest absolute Gasteiger partial charge is 0.0836 e. The van der Waals surface area contributed by atoms with Gasteiger partial charge >= 0.3 is 0 Å². The summed E-state index contributed by atoms with van der Waals surface area (Å²) in [5.41, 5.74) is 0.121. The zero-order valence-corrected chi connectivity index (χ0v) is 14.4. The second-order valence-corrected chi connectivity index (χ2v) is 8.76. The Bertz CT molecular complexity index is 503. The summed E-state index contributed by atoms with van der Waals surface area (Å²) in [7, 11) is 0. The van der Waals surface area contributed by atoms with E-state index in [0.29, 0.717) is 6.10 Å². The second kappa shape index (κ2) is 6.23. The van der Waals surface area contributed by atoms with Gasteiger partial charge in [-0.2, -0.15) is 0 Å². The molecule has 1 aliphatic carbocycles. The third-order valence-electron chi connectivity index (χ3n) is 5.38. The van der Waals surface area contributed by atoms with Crippen LogP contribution in [0.5, 0.6) is 0 Å². The highest BCUT2D eigenvalue weighted by Crippen LogP contribution is 2.38. The maximum atomic E-state index is 6.20. The maximum Gasteiger partial charge on any atom is 0.0836 e. The number of thiophene rings is 1. The van der Waals surface area contributed by atoms with Crippen molar-refractivity contribution in [2.24, 2.45) is 5.92 Å². The molecule has 3 heterocycles. The standard InChI is InChI=1S/C18H27NO2S/c1-14-2-5-17(22-14)11-19-8-6-18(7-9-19)10-16(13-21-18)20-12-15-3-4-15/h2,5,15-16H,3-4,6-13H2,1H3. The van der Waals surface area contributed by atoms with E-state index in [1.807, 2.05) is 11.3 Å². The molecular formula is C18H27NO2S. The van der Waals surface area contributed by atoms with E-state index in [9.17, 15) is 0 Å². The normalized spacial score (nSPS) is 28.5. The maximum absolute atomic E-state index is 6.20. The Morgan fingerprint density at radius 1 is 1.32 bits per heavy atom. The van der Waals surface area contributed by atoms with E-state index >= 15 is 0 Å². The first-order valence-corrected chi connectivity index (χ1v) is 9.56. The van der Waals surface area contributed by atoms with Gasteiger partial charge in [0.05, 0.1) is 18.3 Å². The highest BCUT2D eigenvalue weighted by atomic mass is 32.1. The van der Waals surface area contributed by atoms with E-state index in [4.69, 9.17) is 9.47 Å². The molecule has 122 valence electrons. The zero-order chi connectivity index (χ0) is 15.0. The van der Waals surface area contributed by atoms with Crippen molar-refractivity contribution in [1.29, 1.82) is 0 Å². The number of nitrogens with zero attached hydrogens (tertiary/aromatic N) is 1. The van der Waals surface area contributed by atoms with Crippen molar-refractivity contribution in [2.45, 2.75) is 57.3 Å². The number of rotatable bonds is 5. The Balaban J connectivity index is 1.24. The number of piperidine rings is 1. The van der Waals surface area contributed by atoms with Crippen LogP contribution in [0.1, 0.15) is 41.9 Å². The molecule has 1 aromatic rings. The van der Waals surface area contributed by atoms with Gasteiger partial charge < -0.3 is 9.47 Å². The van der Waals surface area contributed by atoms with Crippen molar-refractivity contribution in [3.05, 3.63) is 21.9 Å². The lowest BCUT2D eigenvalue weighted by atomic mass is 9.88. The first kappa shape index (κ1) is 15.1. The summed E-state index contributed by atoms with van der Waals surface area (Å²) in [6, 6.07) is 4.51. The fraction of sp³-hybridized carbons (Fsp3) is 0.778. The van der Waals surface area contributed by atoms with Crippen molar-refractivity contribution >= 4 is 11.3 Å². The van der Waals surface area contributed by atoms with Crippen LogP contribution in [0.3, 0.4) is 0 Å². The van der Waals surface area contributed by atoms with Crippen LogP contribution in [0.15, 0.2) is 12.1 Å². The predicted molar refractivity (Wildman–Crippen MR) is 89.3 cm³/mol. The Hall–Kier alpha value is -0.420. The lowest BCUT2D eigenvalue weighted by molar-refractivity contribution is -0.0465. The summed E-state index contributed by atoms with van der Waals surface area (Å²) in [4.78, 5) is 5.49. The topological polar surface area (TPSA) is 21.7 Å². The molecule has 0 radical (unpaired) electrons. The van der Waals surface area contributed by atoms with Crippen LogP contribution in [-0.4, -0.2) is 42.9 Å². The molecule has 0 aromatic carbocycles. The largest absolute Gasteiger partial charge is 0.375 e. The minimum absolute atomic E-state index is 0.121. The van der Waals surface area contributed by atoms with Crippen LogP contribution in [0, 0.1) is 12.8 Å². The van der Waals surface area contributed by atoms with E-state index in [-0.39, 0.29) is 5.60 Å². The third-order valence-corrected chi connectivity index (χ3v) is 6.37. The Morgan fingerprint density at radius 2 is 2.14 bits per heavy atom. The number of hydrogen-bond donors (Lipinski definition) is 0. The van der Waals surface area contributed by atoms with Crippen LogP contribution in [-0.2, 0) is 16.0 Å². The SMILES string of the molecule is Cc1ccc(CN2CCC3(CC2)CC(OCC2CC2)CO3)s1. The summed E-state index contributed by atoms with van der Waals surface area (Å²) in [5, 5.41) is 0. The summed E-state index contributed by atoms with van der Waals surface area (Å²) >= 11 is 1.93. The Labute approximate surface area is 137 Å². The van der Waals surface area contributed by atoms with Crippen molar-refractivity contribution in [3.8, 4) is 0 Å². The van der Waals surface area contributed by atoms with E-state index in [2.05, 4.69) is 24.0 Å². The van der Waals surface area contributed by atoms with Gasteiger partial charge in [0.2, 0.25) is 0 Å². The number of aryl methyl sites for hydroxylation is 1. The molecule has 2 aliphatic heterocycles. The van der Waals surface area contributed by atoms with Crippen molar-refractivity contribution < 1.29 is 9.47 Å². The molecule has 4 rings (SSSR count). The Morgan fingerprint density at radius 3 is 2.82 bits per heavy atom. The molecule has 2 saturated heterocycles. The van der Waals surface area contributed by atoms with Crippen molar-refractivity contribution in [2.75, 3.05) is 26.3 Å². The molecule has 1 spiro atoms. The van der Waals surface area contributed by atoms with Crippen molar-refractivity contribution in [3.63, 3.8) is 0 Å². The third kappa shape index (κ3) is 3.56. The van der Waals surface area contributed by atoms with Gasteiger partial charge in [-0.05, 0) is 50.7 Å². The highest BCUT2D eigenvalue weighted by Gasteiger charge is 2.43. The number of hydrogen-bond acceptors (Lipinski definition) is 4. The first-order valence-electron chi connectivity index (χ1n) is 8.74. The van der Waals surface area contributed by atoms with Gasteiger partial charge in [-0.15, -0.1) is 11.3 Å². The average molecular weight is 321 g/mol. The molecule has 1 aromatic heterocycles. The van der Waals surface area contributed by atoms with Gasteiger partial charge in [0.1, 0.15) is 0 Å². The second-order valence-electron chi connectivity index (χ2n) is 7.39. The molecule has 1 unspecified atom stereocenters.